The van der Waals surface area contributed by atoms with E-state index >= 15 is 0 Å². The highest BCUT2D eigenvalue weighted by atomic mass is 35.5. The second kappa shape index (κ2) is 11.8. The third-order valence-corrected chi connectivity index (χ3v) is 6.62. The number of carbonyl (C=O) groups is 1. The lowest BCUT2D eigenvalue weighted by Gasteiger charge is -2.47. The number of amides is 1. The highest BCUT2D eigenvalue weighted by Crippen LogP contribution is 2.40. The van der Waals surface area contributed by atoms with Crippen molar-refractivity contribution in [1.29, 1.82) is 0 Å². The van der Waals surface area contributed by atoms with E-state index in [1.54, 1.807) is 12.4 Å². The summed E-state index contributed by atoms with van der Waals surface area (Å²) in [6.07, 6.45) is 8.63. The molecule has 0 bridgehead atoms. The van der Waals surface area contributed by atoms with E-state index in [1.807, 2.05) is 12.1 Å². The molecule has 0 saturated carbocycles. The van der Waals surface area contributed by atoms with Gasteiger partial charge in [-0.15, -0.1) is 24.8 Å². The van der Waals surface area contributed by atoms with Crippen molar-refractivity contribution in [2.75, 3.05) is 26.2 Å². The molecule has 2 aliphatic rings. The molecule has 0 aliphatic carbocycles. The van der Waals surface area contributed by atoms with Crippen LogP contribution >= 0.6 is 24.8 Å². The summed E-state index contributed by atoms with van der Waals surface area (Å²) in [6.45, 7) is 5.53. The van der Waals surface area contributed by atoms with Crippen molar-refractivity contribution in [2.24, 2.45) is 11.1 Å². The van der Waals surface area contributed by atoms with Crippen molar-refractivity contribution in [3.05, 3.63) is 65.5 Å². The number of likely N-dealkylation sites (tertiary alicyclic amines) is 2. The van der Waals surface area contributed by atoms with Crippen LogP contribution in [0.25, 0.3) is 0 Å². The molecule has 7 heteroatoms. The molecule has 2 N–H and O–H groups in total. The Balaban J connectivity index is 0.00000171. The maximum atomic E-state index is 12.5. The predicted molar refractivity (Wildman–Crippen MR) is 130 cm³/mol. The molecule has 5 nitrogen and oxygen atoms in total. The summed E-state index contributed by atoms with van der Waals surface area (Å²) >= 11 is 0. The number of nitrogens with two attached hydrogens (primary N) is 1. The maximum Gasteiger partial charge on any atom is 0.222 e. The summed E-state index contributed by atoms with van der Waals surface area (Å²) in [5.41, 5.74) is 9.87. The molecule has 2 fully saturated rings. The number of hydrogen-bond acceptors (Lipinski definition) is 4. The van der Waals surface area contributed by atoms with Crippen LogP contribution in [0.4, 0.5) is 0 Å². The Morgan fingerprint density at radius 3 is 2.35 bits per heavy atom. The minimum absolute atomic E-state index is 0. The molecular formula is C24H34Cl2N4O. The molecule has 3 heterocycles. The first kappa shape index (κ1) is 25.6. The molecule has 4 rings (SSSR count). The molecule has 2 aromatic rings. The maximum absolute atomic E-state index is 12.5. The summed E-state index contributed by atoms with van der Waals surface area (Å²) in [6, 6.07) is 12.9. The van der Waals surface area contributed by atoms with Crippen LogP contribution in [0, 0.1) is 5.41 Å². The van der Waals surface area contributed by atoms with Gasteiger partial charge in [0.15, 0.2) is 0 Å². The minimum Gasteiger partial charge on any atom is -0.338 e. The van der Waals surface area contributed by atoms with E-state index < -0.39 is 0 Å². The predicted octanol–water partition coefficient (Wildman–Crippen LogP) is 3.83. The van der Waals surface area contributed by atoms with Crippen LogP contribution in [0.5, 0.6) is 0 Å². The zero-order valence-corrected chi connectivity index (χ0v) is 19.7. The summed E-state index contributed by atoms with van der Waals surface area (Å²) in [5, 5.41) is 0. The van der Waals surface area contributed by atoms with Crippen molar-refractivity contribution in [3.63, 3.8) is 0 Å². The lowest BCUT2D eigenvalue weighted by Crippen LogP contribution is -2.51. The number of piperidine rings is 2. The van der Waals surface area contributed by atoms with Gasteiger partial charge in [-0.3, -0.25) is 14.7 Å². The average Bonchev–Trinajstić information content (AvgIpc) is 2.74. The quantitative estimate of drug-likeness (QED) is 0.705. The van der Waals surface area contributed by atoms with E-state index in [9.17, 15) is 4.79 Å². The number of hydrogen-bond donors (Lipinski definition) is 1. The molecule has 2 saturated heterocycles. The van der Waals surface area contributed by atoms with Gasteiger partial charge in [0.2, 0.25) is 5.91 Å². The van der Waals surface area contributed by atoms with E-state index in [2.05, 4.69) is 39.0 Å². The summed E-state index contributed by atoms with van der Waals surface area (Å²) in [4.78, 5) is 21.2. The number of nitrogens with zero attached hydrogens (tertiary/aromatic N) is 3. The Kier molecular flexibility index (Phi) is 9.76. The van der Waals surface area contributed by atoms with Crippen LogP contribution in [-0.2, 0) is 24.3 Å². The van der Waals surface area contributed by atoms with E-state index in [1.165, 1.54) is 29.5 Å². The van der Waals surface area contributed by atoms with Gasteiger partial charge in [-0.05, 0) is 79.6 Å². The van der Waals surface area contributed by atoms with Crippen molar-refractivity contribution in [1.82, 2.24) is 14.8 Å². The number of aromatic nitrogens is 1. The van der Waals surface area contributed by atoms with Crippen molar-refractivity contribution < 1.29 is 4.79 Å². The van der Waals surface area contributed by atoms with Gasteiger partial charge in [-0.2, -0.15) is 0 Å². The van der Waals surface area contributed by atoms with Crippen molar-refractivity contribution >= 4 is 30.7 Å². The molecule has 0 radical (unpaired) electrons. The van der Waals surface area contributed by atoms with Crippen LogP contribution in [0.1, 0.15) is 42.4 Å². The van der Waals surface area contributed by atoms with Crippen LogP contribution in [0.2, 0.25) is 0 Å². The van der Waals surface area contributed by atoms with Gasteiger partial charge < -0.3 is 10.6 Å². The lowest BCUT2D eigenvalue weighted by molar-refractivity contribution is -0.140. The first-order valence-electron chi connectivity index (χ1n) is 10.8. The number of benzene rings is 1. The van der Waals surface area contributed by atoms with Gasteiger partial charge in [0.25, 0.3) is 0 Å². The van der Waals surface area contributed by atoms with Crippen LogP contribution in [0.15, 0.2) is 48.8 Å². The SMILES string of the molecule is Cl.Cl.NCCc1cccc(CN2CCC3(CCC(=O)N(Cc4ccncc4)C3)CC2)c1. The molecule has 0 atom stereocenters. The zero-order valence-electron chi connectivity index (χ0n) is 18.0. The van der Waals surface area contributed by atoms with Crippen molar-refractivity contribution in [2.45, 2.75) is 45.2 Å². The lowest BCUT2D eigenvalue weighted by atomic mass is 9.72. The molecule has 1 aromatic heterocycles. The second-order valence-corrected chi connectivity index (χ2v) is 8.74. The monoisotopic (exact) mass is 464 g/mol. The smallest absolute Gasteiger partial charge is 0.222 e. The standard InChI is InChI=1S/C24H32N4O.2ClH/c25-11-5-20-2-1-3-22(16-20)17-27-14-9-24(10-15-27)8-4-23(29)28(19-24)18-21-6-12-26-13-7-21;;/h1-3,6-7,12-13,16H,4-5,8-11,14-15,17-19,25H2;2*1H. The fraction of sp³-hybridized carbons (Fsp3) is 0.500. The normalized spacial score (nSPS) is 18.4. The number of pyridine rings is 1. The zero-order chi connectivity index (χ0) is 20.1. The van der Waals surface area contributed by atoms with E-state index in [4.69, 9.17) is 5.73 Å². The van der Waals surface area contributed by atoms with Gasteiger partial charge in [0, 0.05) is 38.4 Å². The third kappa shape index (κ3) is 6.66. The van der Waals surface area contributed by atoms with Gasteiger partial charge in [-0.1, -0.05) is 24.3 Å². The Bertz CT molecular complexity index is 825. The molecule has 0 unspecified atom stereocenters. The largest absolute Gasteiger partial charge is 0.338 e. The van der Waals surface area contributed by atoms with E-state index in [0.29, 0.717) is 30.8 Å². The average molecular weight is 465 g/mol. The summed E-state index contributed by atoms with van der Waals surface area (Å²) in [5.74, 6) is 0.298. The molecule has 1 spiro atoms. The molecular weight excluding hydrogens is 431 g/mol. The Morgan fingerprint density at radius 2 is 1.65 bits per heavy atom. The molecule has 1 aromatic carbocycles. The van der Waals surface area contributed by atoms with Gasteiger partial charge in [0.05, 0.1) is 0 Å². The fourth-order valence-corrected chi connectivity index (χ4v) is 4.86. The Morgan fingerprint density at radius 1 is 0.935 bits per heavy atom. The first-order valence-corrected chi connectivity index (χ1v) is 10.8. The van der Waals surface area contributed by atoms with Crippen LogP contribution in [-0.4, -0.2) is 46.9 Å². The van der Waals surface area contributed by atoms with Crippen LogP contribution in [0.3, 0.4) is 0 Å². The van der Waals surface area contributed by atoms with Gasteiger partial charge >= 0.3 is 0 Å². The van der Waals surface area contributed by atoms with Crippen LogP contribution < -0.4 is 5.73 Å². The van der Waals surface area contributed by atoms with Crippen molar-refractivity contribution in [3.8, 4) is 0 Å². The molecule has 1 amide bonds. The number of carbonyl (C=O) groups excluding carboxylic acids is 1. The molecule has 31 heavy (non-hydrogen) atoms. The summed E-state index contributed by atoms with van der Waals surface area (Å²) in [7, 11) is 0. The Hall–Kier alpha value is -1.66. The number of halogens is 2. The van der Waals surface area contributed by atoms with E-state index in [-0.39, 0.29) is 24.8 Å². The fourth-order valence-electron chi connectivity index (χ4n) is 4.86. The minimum atomic E-state index is 0. The highest BCUT2D eigenvalue weighted by Gasteiger charge is 2.40. The molecule has 2 aliphatic heterocycles. The molecule has 170 valence electrons. The highest BCUT2D eigenvalue weighted by molar-refractivity contribution is 5.85. The Labute approximate surface area is 198 Å². The van der Waals surface area contributed by atoms with Gasteiger partial charge in [0.1, 0.15) is 0 Å². The van der Waals surface area contributed by atoms with E-state index in [0.717, 1.165) is 39.0 Å². The number of rotatable bonds is 6. The topological polar surface area (TPSA) is 62.5 Å². The second-order valence-electron chi connectivity index (χ2n) is 8.74. The summed E-state index contributed by atoms with van der Waals surface area (Å²) < 4.78 is 0. The van der Waals surface area contributed by atoms with Gasteiger partial charge in [-0.25, -0.2) is 0 Å². The third-order valence-electron chi connectivity index (χ3n) is 6.62. The first-order chi connectivity index (χ1) is 14.2.